The number of nitrogens with zero attached hydrogens (tertiary/aromatic N) is 1. The lowest BCUT2D eigenvalue weighted by atomic mass is 10.0. The third-order valence-electron chi connectivity index (χ3n) is 7.59. The van der Waals surface area contributed by atoms with Crippen LogP contribution in [0.2, 0.25) is 0 Å². The van der Waals surface area contributed by atoms with E-state index in [-0.39, 0.29) is 25.3 Å². The predicted octanol–water partition coefficient (Wildman–Crippen LogP) is 1.13. The lowest BCUT2D eigenvalue weighted by molar-refractivity contribution is -0.142. The molecule has 0 bridgehead atoms. The minimum Gasteiger partial charge on any atom is -0.469 e. The number of nitrogens with one attached hydrogen (secondary N) is 4. The molecule has 0 spiro atoms. The van der Waals surface area contributed by atoms with Gasteiger partial charge in [0.05, 0.1) is 13.5 Å². The lowest BCUT2D eigenvalue weighted by Crippen LogP contribution is -2.57. The number of fused-ring (bicyclic) bond motifs is 1. The molecular weight excluding hydrogens is 586 g/mol. The number of hydrogen-bond acceptors (Lipinski definition) is 9. The monoisotopic (exact) mass is 627 g/mol. The third-order valence-corrected chi connectivity index (χ3v) is 7.59. The maximum Gasteiger partial charge on any atom is 0.336 e. The zero-order valence-electron chi connectivity index (χ0n) is 26.4. The zero-order valence-corrected chi connectivity index (χ0v) is 26.4. The van der Waals surface area contributed by atoms with Crippen molar-refractivity contribution in [3.63, 3.8) is 0 Å². The average molecular weight is 628 g/mol. The molecular formula is C31H41N5O9. The number of carbonyl (C=O) groups is 6. The van der Waals surface area contributed by atoms with Gasteiger partial charge in [-0.15, -0.1) is 0 Å². The Morgan fingerprint density at radius 3 is 2.33 bits per heavy atom. The number of carbonyl (C=O) groups excluding carboxylic acids is 6. The molecule has 2 heterocycles. The van der Waals surface area contributed by atoms with Crippen LogP contribution in [0.1, 0.15) is 58.9 Å². The number of esters is 1. The van der Waals surface area contributed by atoms with Gasteiger partial charge in [-0.3, -0.25) is 28.8 Å². The highest BCUT2D eigenvalue weighted by Crippen LogP contribution is 2.22. The molecule has 0 radical (unpaired) electrons. The fraction of sp³-hybridized carbons (Fsp3) is 0.516. The van der Waals surface area contributed by atoms with Crippen molar-refractivity contribution in [1.82, 2.24) is 20.9 Å². The Bertz CT molecular complexity index is 1520. The van der Waals surface area contributed by atoms with E-state index in [0.29, 0.717) is 24.1 Å². The van der Waals surface area contributed by atoms with Crippen LogP contribution in [0.15, 0.2) is 33.5 Å². The molecule has 244 valence electrons. The second-order valence-electron chi connectivity index (χ2n) is 11.5. The van der Waals surface area contributed by atoms with Crippen LogP contribution < -0.4 is 26.9 Å². The van der Waals surface area contributed by atoms with Crippen LogP contribution in [0, 0.1) is 12.8 Å². The molecule has 4 atom stereocenters. The normalized spacial score (nSPS) is 16.4. The fourth-order valence-corrected chi connectivity index (χ4v) is 5.06. The second kappa shape index (κ2) is 15.3. The highest BCUT2D eigenvalue weighted by Gasteiger charge is 2.38. The largest absolute Gasteiger partial charge is 0.469 e. The van der Waals surface area contributed by atoms with Crippen LogP contribution in [-0.2, 0) is 33.5 Å². The molecule has 4 N–H and O–H groups in total. The molecule has 1 aromatic carbocycles. The summed E-state index contributed by atoms with van der Waals surface area (Å²) in [5.41, 5.74) is 0.940. The minimum atomic E-state index is -0.999. The van der Waals surface area contributed by atoms with Crippen molar-refractivity contribution in [1.29, 1.82) is 0 Å². The molecule has 1 aromatic heterocycles. The van der Waals surface area contributed by atoms with Crippen LogP contribution in [-0.4, -0.2) is 78.2 Å². The molecule has 2 aromatic rings. The summed E-state index contributed by atoms with van der Waals surface area (Å²) in [5.74, 6) is -3.45. The van der Waals surface area contributed by atoms with Crippen molar-refractivity contribution < 1.29 is 37.9 Å². The second-order valence-corrected chi connectivity index (χ2v) is 11.5. The van der Waals surface area contributed by atoms with Gasteiger partial charge in [0.1, 0.15) is 29.8 Å². The summed E-state index contributed by atoms with van der Waals surface area (Å²) in [6, 6.07) is 2.58. The summed E-state index contributed by atoms with van der Waals surface area (Å²) in [5, 5.41) is 11.3. The Labute approximate surface area is 260 Å². The van der Waals surface area contributed by atoms with Crippen molar-refractivity contribution in [2.45, 2.75) is 84.5 Å². The van der Waals surface area contributed by atoms with E-state index in [1.54, 1.807) is 39.0 Å². The first-order valence-corrected chi connectivity index (χ1v) is 14.8. The molecule has 1 saturated heterocycles. The first kappa shape index (κ1) is 34.7. The van der Waals surface area contributed by atoms with Gasteiger partial charge >= 0.3 is 11.6 Å². The van der Waals surface area contributed by atoms with Crippen LogP contribution in [0.4, 0.5) is 5.69 Å². The molecule has 1 aliphatic rings. The molecule has 1 aliphatic heterocycles. The van der Waals surface area contributed by atoms with E-state index in [0.717, 1.165) is 10.9 Å². The van der Waals surface area contributed by atoms with Crippen molar-refractivity contribution in [2.75, 3.05) is 19.0 Å². The summed E-state index contributed by atoms with van der Waals surface area (Å²) in [7, 11) is 1.21. The Morgan fingerprint density at radius 1 is 0.956 bits per heavy atom. The molecule has 0 saturated carbocycles. The van der Waals surface area contributed by atoms with Crippen LogP contribution in [0.25, 0.3) is 11.0 Å². The predicted molar refractivity (Wildman–Crippen MR) is 164 cm³/mol. The smallest absolute Gasteiger partial charge is 0.336 e. The van der Waals surface area contributed by atoms with E-state index in [9.17, 15) is 33.6 Å². The Kier molecular flexibility index (Phi) is 11.8. The van der Waals surface area contributed by atoms with E-state index in [1.807, 2.05) is 0 Å². The van der Waals surface area contributed by atoms with Gasteiger partial charge < -0.3 is 35.3 Å². The van der Waals surface area contributed by atoms with Gasteiger partial charge in [-0.1, -0.05) is 13.8 Å². The molecule has 3 rings (SSSR count). The Morgan fingerprint density at radius 2 is 1.67 bits per heavy atom. The molecule has 45 heavy (non-hydrogen) atoms. The third kappa shape index (κ3) is 9.13. The number of methoxy groups -OCH3 is 1. The van der Waals surface area contributed by atoms with Gasteiger partial charge in [-0.25, -0.2) is 4.79 Å². The van der Waals surface area contributed by atoms with Crippen molar-refractivity contribution >= 4 is 52.2 Å². The van der Waals surface area contributed by atoms with Gasteiger partial charge in [0.15, 0.2) is 0 Å². The summed E-state index contributed by atoms with van der Waals surface area (Å²) < 4.78 is 9.75. The topological polar surface area (TPSA) is 193 Å². The van der Waals surface area contributed by atoms with Crippen LogP contribution in [0.3, 0.4) is 0 Å². The van der Waals surface area contributed by atoms with E-state index >= 15 is 0 Å². The van der Waals surface area contributed by atoms with Crippen molar-refractivity contribution in [3.05, 3.63) is 40.2 Å². The molecule has 0 aliphatic carbocycles. The quantitative estimate of drug-likeness (QED) is 0.197. The molecule has 0 unspecified atom stereocenters. The number of rotatable bonds is 12. The number of hydrogen-bond donors (Lipinski definition) is 4. The Hall–Kier alpha value is -4.75. The number of ether oxygens (including phenoxy) is 1. The van der Waals surface area contributed by atoms with Gasteiger partial charge in [-0.2, -0.15) is 0 Å². The maximum absolute atomic E-state index is 13.4. The highest BCUT2D eigenvalue weighted by atomic mass is 16.5. The van der Waals surface area contributed by atoms with E-state index < -0.39 is 65.3 Å². The van der Waals surface area contributed by atoms with Crippen molar-refractivity contribution in [3.8, 4) is 0 Å². The van der Waals surface area contributed by atoms with Gasteiger partial charge in [-0.05, 0) is 57.2 Å². The van der Waals surface area contributed by atoms with E-state index in [4.69, 9.17) is 4.42 Å². The minimum absolute atomic E-state index is 0.133. The van der Waals surface area contributed by atoms with E-state index in [1.165, 1.54) is 31.9 Å². The standard InChI is InChI=1S/C31H41N5O9/c1-16(2)27(30(42)34-20-9-10-21-17(3)14-26(39)45-23(21)15-20)35-29(41)22-8-7-13-36(22)31(43)19(5)33-28(40)18(4)32-24(37)11-12-25(38)44-6/h9-10,14-16,18-19,22,27H,7-8,11-13H2,1-6H3,(H,32,37)(H,33,40)(H,34,42)(H,35,41)/t18-,19-,22-,27-/m0/s1. The van der Waals surface area contributed by atoms with E-state index in [2.05, 4.69) is 26.0 Å². The average Bonchev–Trinajstić information content (AvgIpc) is 3.47. The number of benzene rings is 1. The summed E-state index contributed by atoms with van der Waals surface area (Å²) in [6.45, 7) is 8.55. The maximum atomic E-state index is 13.4. The summed E-state index contributed by atoms with van der Waals surface area (Å²) in [4.78, 5) is 89.0. The lowest BCUT2D eigenvalue weighted by Gasteiger charge is -2.30. The first-order valence-electron chi connectivity index (χ1n) is 14.8. The molecule has 14 nitrogen and oxygen atoms in total. The zero-order chi connectivity index (χ0) is 33.4. The highest BCUT2D eigenvalue weighted by molar-refractivity contribution is 6.00. The molecule has 1 fully saturated rings. The molecule has 14 heteroatoms. The molecule has 5 amide bonds. The Balaban J connectivity index is 1.60. The van der Waals surface area contributed by atoms with Gasteiger partial charge in [0.25, 0.3) is 0 Å². The SMILES string of the molecule is COC(=O)CCC(=O)N[C@@H](C)C(=O)N[C@@H](C)C(=O)N1CCC[C@H]1C(=O)N[C@H](C(=O)Nc1ccc2c(C)cc(=O)oc2c1)C(C)C. The number of likely N-dealkylation sites (tertiary alicyclic amines) is 1. The van der Waals surface area contributed by atoms with Crippen LogP contribution in [0.5, 0.6) is 0 Å². The van der Waals surface area contributed by atoms with Crippen LogP contribution >= 0.6 is 0 Å². The fourth-order valence-electron chi connectivity index (χ4n) is 5.06. The van der Waals surface area contributed by atoms with Crippen molar-refractivity contribution in [2.24, 2.45) is 5.92 Å². The summed E-state index contributed by atoms with van der Waals surface area (Å²) >= 11 is 0. The number of anilines is 1. The summed E-state index contributed by atoms with van der Waals surface area (Å²) in [6.07, 6.45) is 0.641. The van der Waals surface area contributed by atoms with Gasteiger partial charge in [0, 0.05) is 36.2 Å². The van der Waals surface area contributed by atoms with Gasteiger partial charge in [0.2, 0.25) is 29.5 Å². The first-order chi connectivity index (χ1) is 21.2. The number of amides is 5. The number of aryl methyl sites for hydroxylation is 1.